The first-order chi connectivity index (χ1) is 10.2. The van der Waals surface area contributed by atoms with Crippen molar-refractivity contribution in [3.63, 3.8) is 0 Å². The first-order valence-electron chi connectivity index (χ1n) is 6.43. The summed E-state index contributed by atoms with van der Waals surface area (Å²) in [6.07, 6.45) is 0. The summed E-state index contributed by atoms with van der Waals surface area (Å²) in [7, 11) is 0. The lowest BCUT2D eigenvalue weighted by Crippen LogP contribution is -1.92. The predicted molar refractivity (Wildman–Crippen MR) is 89.1 cm³/mol. The van der Waals surface area contributed by atoms with Crippen LogP contribution in [0.1, 0.15) is 5.56 Å². The Bertz CT molecular complexity index is 802. The second-order valence-electron chi connectivity index (χ2n) is 4.64. The molecular formula is C17H12BrClO2. The average Bonchev–Trinajstić information content (AvgIpc) is 2.49. The third-order valence-corrected chi connectivity index (χ3v) is 4.00. The maximum Gasteiger partial charge on any atom is 0.151 e. The number of hydrogen-bond acceptors (Lipinski definition) is 2. The van der Waals surface area contributed by atoms with Crippen molar-refractivity contribution >= 4 is 38.3 Å². The van der Waals surface area contributed by atoms with Gasteiger partial charge in [0.1, 0.15) is 5.75 Å². The van der Waals surface area contributed by atoms with Crippen LogP contribution >= 0.6 is 27.5 Å². The minimum absolute atomic E-state index is 0.115. The normalized spacial score (nSPS) is 10.8. The Morgan fingerprint density at radius 2 is 1.76 bits per heavy atom. The van der Waals surface area contributed by atoms with Crippen molar-refractivity contribution in [2.45, 2.75) is 6.61 Å². The maximum atomic E-state index is 9.38. The van der Waals surface area contributed by atoms with Crippen molar-refractivity contribution in [2.75, 3.05) is 0 Å². The molecule has 0 unspecified atom stereocenters. The summed E-state index contributed by atoms with van der Waals surface area (Å²) in [4.78, 5) is 0. The number of hydrogen-bond donors (Lipinski definition) is 1. The highest BCUT2D eigenvalue weighted by molar-refractivity contribution is 9.10. The van der Waals surface area contributed by atoms with Crippen LogP contribution in [0.2, 0.25) is 5.02 Å². The van der Waals surface area contributed by atoms with Crippen molar-refractivity contribution < 1.29 is 9.84 Å². The molecule has 0 aliphatic rings. The van der Waals surface area contributed by atoms with Crippen molar-refractivity contribution in [1.29, 1.82) is 0 Å². The lowest BCUT2D eigenvalue weighted by Gasteiger charge is -2.12. The molecule has 3 aromatic carbocycles. The van der Waals surface area contributed by atoms with Crippen molar-refractivity contribution in [1.82, 2.24) is 0 Å². The Labute approximate surface area is 136 Å². The first kappa shape index (κ1) is 14.4. The van der Waals surface area contributed by atoms with E-state index < -0.39 is 0 Å². The number of rotatable bonds is 3. The van der Waals surface area contributed by atoms with Gasteiger partial charge in [-0.3, -0.25) is 0 Å². The van der Waals surface area contributed by atoms with E-state index in [4.69, 9.17) is 16.3 Å². The fourth-order valence-electron chi connectivity index (χ4n) is 2.17. The standard InChI is InChI=1S/C17H12BrClO2/c18-14-6-4-12-9-15(7-5-11(12)8-14)21-17-13(10-20)2-1-3-16(17)19/h1-9,20H,10H2. The van der Waals surface area contributed by atoms with E-state index in [9.17, 15) is 5.11 Å². The Balaban J connectivity index is 2.00. The summed E-state index contributed by atoms with van der Waals surface area (Å²) in [5.74, 6) is 1.19. The van der Waals surface area contributed by atoms with Gasteiger partial charge in [-0.2, -0.15) is 0 Å². The molecule has 4 heteroatoms. The van der Waals surface area contributed by atoms with Gasteiger partial charge in [-0.25, -0.2) is 0 Å². The van der Waals surface area contributed by atoms with Gasteiger partial charge in [-0.05, 0) is 41.1 Å². The molecule has 0 aliphatic carbocycles. The van der Waals surface area contributed by atoms with E-state index in [1.807, 2.05) is 36.4 Å². The molecule has 2 nitrogen and oxygen atoms in total. The Hall–Kier alpha value is -1.55. The zero-order chi connectivity index (χ0) is 14.8. The molecule has 3 aromatic rings. The van der Waals surface area contributed by atoms with Gasteiger partial charge in [-0.1, -0.05) is 51.8 Å². The monoisotopic (exact) mass is 362 g/mol. The molecule has 1 N–H and O–H groups in total. The van der Waals surface area contributed by atoms with Gasteiger partial charge >= 0.3 is 0 Å². The smallest absolute Gasteiger partial charge is 0.151 e. The summed E-state index contributed by atoms with van der Waals surface area (Å²) < 4.78 is 6.91. The van der Waals surface area contributed by atoms with Crippen LogP contribution < -0.4 is 4.74 Å². The van der Waals surface area contributed by atoms with E-state index in [0.29, 0.717) is 22.1 Å². The molecule has 0 spiro atoms. The predicted octanol–water partition coefficient (Wildman–Crippen LogP) is 5.54. The van der Waals surface area contributed by atoms with Crippen LogP contribution in [-0.2, 0) is 6.61 Å². The molecule has 0 aliphatic heterocycles. The molecule has 0 aromatic heterocycles. The van der Waals surface area contributed by atoms with Gasteiger partial charge in [0.25, 0.3) is 0 Å². The molecule has 0 bridgehead atoms. The van der Waals surface area contributed by atoms with E-state index in [1.54, 1.807) is 18.2 Å². The lowest BCUT2D eigenvalue weighted by atomic mass is 10.1. The van der Waals surface area contributed by atoms with Crippen molar-refractivity contribution in [3.05, 3.63) is 69.7 Å². The Morgan fingerprint density at radius 1 is 1.00 bits per heavy atom. The highest BCUT2D eigenvalue weighted by Gasteiger charge is 2.09. The quantitative estimate of drug-likeness (QED) is 0.662. The number of aliphatic hydroxyl groups is 1. The molecule has 0 atom stereocenters. The summed E-state index contributed by atoms with van der Waals surface area (Å²) in [5, 5.41) is 12.1. The highest BCUT2D eigenvalue weighted by atomic mass is 79.9. The van der Waals surface area contributed by atoms with Gasteiger partial charge in [0.05, 0.1) is 11.6 Å². The molecule has 0 fully saturated rings. The molecule has 0 saturated carbocycles. The Morgan fingerprint density at radius 3 is 2.57 bits per heavy atom. The number of fused-ring (bicyclic) bond motifs is 1. The second kappa shape index (κ2) is 6.06. The summed E-state index contributed by atoms with van der Waals surface area (Å²) in [6, 6.07) is 17.2. The van der Waals surface area contributed by atoms with Gasteiger partial charge in [0.2, 0.25) is 0 Å². The number of ether oxygens (including phenoxy) is 1. The topological polar surface area (TPSA) is 29.5 Å². The zero-order valence-electron chi connectivity index (χ0n) is 11.0. The maximum absolute atomic E-state index is 9.38. The third-order valence-electron chi connectivity index (χ3n) is 3.21. The van der Waals surface area contributed by atoms with E-state index in [1.165, 1.54) is 0 Å². The fraction of sp³-hybridized carbons (Fsp3) is 0.0588. The van der Waals surface area contributed by atoms with E-state index in [2.05, 4.69) is 15.9 Å². The number of halogens is 2. The number of benzene rings is 3. The highest BCUT2D eigenvalue weighted by Crippen LogP contribution is 2.34. The SMILES string of the molecule is OCc1cccc(Cl)c1Oc1ccc2cc(Br)ccc2c1. The molecule has 21 heavy (non-hydrogen) atoms. The molecule has 0 amide bonds. The van der Waals surface area contributed by atoms with Crippen molar-refractivity contribution in [3.8, 4) is 11.5 Å². The first-order valence-corrected chi connectivity index (χ1v) is 7.60. The van der Waals surface area contributed by atoms with Gasteiger partial charge < -0.3 is 9.84 Å². The Kier molecular flexibility index (Phi) is 4.15. The van der Waals surface area contributed by atoms with E-state index in [-0.39, 0.29) is 6.61 Å². The minimum Gasteiger partial charge on any atom is -0.455 e. The van der Waals surface area contributed by atoms with E-state index in [0.717, 1.165) is 15.2 Å². The molecule has 3 rings (SSSR count). The third kappa shape index (κ3) is 3.05. The molecule has 106 valence electrons. The van der Waals surface area contributed by atoms with Crippen LogP contribution in [-0.4, -0.2) is 5.11 Å². The van der Waals surface area contributed by atoms with Crippen LogP contribution in [0.15, 0.2) is 59.1 Å². The molecule has 0 heterocycles. The molecule has 0 saturated heterocycles. The van der Waals surface area contributed by atoms with Crippen LogP contribution in [0.4, 0.5) is 0 Å². The van der Waals surface area contributed by atoms with Crippen LogP contribution in [0.5, 0.6) is 11.5 Å². The van der Waals surface area contributed by atoms with Crippen molar-refractivity contribution in [2.24, 2.45) is 0 Å². The average molecular weight is 364 g/mol. The summed E-state index contributed by atoms with van der Waals surface area (Å²) in [6.45, 7) is -0.115. The number of para-hydroxylation sites is 1. The minimum atomic E-state index is -0.115. The van der Waals surface area contributed by atoms with Crippen LogP contribution in [0.3, 0.4) is 0 Å². The van der Waals surface area contributed by atoms with Gasteiger partial charge in [-0.15, -0.1) is 0 Å². The van der Waals surface area contributed by atoms with E-state index >= 15 is 0 Å². The lowest BCUT2D eigenvalue weighted by molar-refractivity contribution is 0.276. The van der Waals surface area contributed by atoms with Gasteiger partial charge in [0, 0.05) is 10.0 Å². The largest absolute Gasteiger partial charge is 0.455 e. The molecule has 0 radical (unpaired) electrons. The summed E-state index contributed by atoms with van der Waals surface area (Å²) >= 11 is 9.61. The summed E-state index contributed by atoms with van der Waals surface area (Å²) in [5.41, 5.74) is 0.665. The van der Waals surface area contributed by atoms with Crippen LogP contribution in [0, 0.1) is 0 Å². The second-order valence-corrected chi connectivity index (χ2v) is 5.96. The number of aliphatic hydroxyl groups excluding tert-OH is 1. The zero-order valence-corrected chi connectivity index (χ0v) is 13.4. The molecular weight excluding hydrogens is 352 g/mol. The van der Waals surface area contributed by atoms with Crippen LogP contribution in [0.25, 0.3) is 10.8 Å². The fourth-order valence-corrected chi connectivity index (χ4v) is 2.78. The van der Waals surface area contributed by atoms with Gasteiger partial charge in [0.15, 0.2) is 5.75 Å².